The van der Waals surface area contributed by atoms with Crippen LogP contribution in [0.15, 0.2) is 71.8 Å². The van der Waals surface area contributed by atoms with Crippen LogP contribution >= 0.6 is 11.3 Å². The molecule has 5 heteroatoms. The maximum absolute atomic E-state index is 4.97. The lowest BCUT2D eigenvalue weighted by Gasteiger charge is -2.17. The molecule has 1 aliphatic carbocycles. The van der Waals surface area contributed by atoms with Crippen molar-refractivity contribution in [2.45, 2.75) is 12.3 Å². The third kappa shape index (κ3) is 2.57. The molecule has 1 atom stereocenters. The predicted octanol–water partition coefficient (Wildman–Crippen LogP) is 4.74. The zero-order valence-corrected chi connectivity index (χ0v) is 14.8. The zero-order chi connectivity index (χ0) is 17.3. The molecule has 5 rings (SSSR count). The van der Waals surface area contributed by atoms with Crippen molar-refractivity contribution in [2.75, 3.05) is 0 Å². The van der Waals surface area contributed by atoms with E-state index in [2.05, 4.69) is 44.3 Å². The van der Waals surface area contributed by atoms with E-state index in [-0.39, 0.29) is 0 Å². The monoisotopic (exact) mass is 356 g/mol. The molecule has 1 unspecified atom stereocenters. The summed E-state index contributed by atoms with van der Waals surface area (Å²) in [5.74, 6) is 0.290. The molecule has 0 spiro atoms. The molecule has 3 aromatic heterocycles. The second-order valence-corrected chi connectivity index (χ2v) is 6.99. The number of fused-ring (bicyclic) bond motifs is 1. The average Bonchev–Trinajstić information content (AvgIpc) is 3.37. The quantitative estimate of drug-likeness (QED) is 0.532. The number of hydrogen-bond acceptors (Lipinski definition) is 4. The van der Waals surface area contributed by atoms with E-state index in [4.69, 9.17) is 5.10 Å². The summed E-state index contributed by atoms with van der Waals surface area (Å²) in [6.07, 6.45) is 8.97. The van der Waals surface area contributed by atoms with Crippen LogP contribution in [0.4, 0.5) is 0 Å². The largest absolute Gasteiger partial charge is 0.265 e. The summed E-state index contributed by atoms with van der Waals surface area (Å²) in [5, 5.41) is 7.10. The second kappa shape index (κ2) is 6.35. The van der Waals surface area contributed by atoms with Gasteiger partial charge in [0.25, 0.3) is 0 Å². The van der Waals surface area contributed by atoms with Gasteiger partial charge in [-0.25, -0.2) is 9.67 Å². The van der Waals surface area contributed by atoms with Crippen LogP contribution in [0.2, 0.25) is 0 Å². The minimum absolute atomic E-state index is 0.290. The highest BCUT2D eigenvalue weighted by Crippen LogP contribution is 2.36. The number of para-hydroxylation sites is 1. The van der Waals surface area contributed by atoms with Gasteiger partial charge in [0, 0.05) is 41.2 Å². The van der Waals surface area contributed by atoms with E-state index >= 15 is 0 Å². The zero-order valence-electron chi connectivity index (χ0n) is 14.0. The van der Waals surface area contributed by atoms with Crippen molar-refractivity contribution >= 4 is 17.4 Å². The SMILES string of the molecule is C1=CC(c2cscn2)Cc2c1c(-c1ccncc1)nn2-c1ccccc1. The molecule has 0 aliphatic heterocycles. The Morgan fingerprint density at radius 3 is 2.65 bits per heavy atom. The summed E-state index contributed by atoms with van der Waals surface area (Å²) in [6.45, 7) is 0. The summed E-state index contributed by atoms with van der Waals surface area (Å²) in [6, 6.07) is 14.3. The van der Waals surface area contributed by atoms with E-state index in [1.165, 1.54) is 11.3 Å². The molecule has 0 bridgehead atoms. The normalized spacial score (nSPS) is 15.8. The van der Waals surface area contributed by atoms with Crippen LogP contribution in [0.1, 0.15) is 22.9 Å². The Morgan fingerprint density at radius 2 is 1.88 bits per heavy atom. The topological polar surface area (TPSA) is 43.6 Å². The summed E-state index contributed by atoms with van der Waals surface area (Å²) in [4.78, 5) is 8.64. The van der Waals surface area contributed by atoms with Crippen LogP contribution in [0.25, 0.3) is 23.0 Å². The van der Waals surface area contributed by atoms with Gasteiger partial charge in [0.2, 0.25) is 0 Å². The molecule has 0 N–H and O–H groups in total. The number of nitrogens with zero attached hydrogens (tertiary/aromatic N) is 4. The van der Waals surface area contributed by atoms with Crippen LogP contribution in [0, 0.1) is 0 Å². The van der Waals surface area contributed by atoms with Crippen LogP contribution in [-0.2, 0) is 6.42 Å². The lowest BCUT2D eigenvalue weighted by atomic mass is 9.90. The molecule has 0 radical (unpaired) electrons. The molecular weight excluding hydrogens is 340 g/mol. The van der Waals surface area contributed by atoms with Gasteiger partial charge < -0.3 is 0 Å². The molecule has 0 saturated heterocycles. The van der Waals surface area contributed by atoms with Crippen molar-refractivity contribution in [2.24, 2.45) is 0 Å². The van der Waals surface area contributed by atoms with Crippen molar-refractivity contribution in [3.63, 3.8) is 0 Å². The Labute approximate surface area is 155 Å². The summed E-state index contributed by atoms with van der Waals surface area (Å²) >= 11 is 1.64. The van der Waals surface area contributed by atoms with E-state index in [0.29, 0.717) is 5.92 Å². The highest BCUT2D eigenvalue weighted by atomic mass is 32.1. The first-order valence-corrected chi connectivity index (χ1v) is 9.48. The highest BCUT2D eigenvalue weighted by Gasteiger charge is 2.25. The number of pyridine rings is 1. The Morgan fingerprint density at radius 1 is 1.04 bits per heavy atom. The van der Waals surface area contributed by atoms with E-state index in [0.717, 1.165) is 29.1 Å². The number of allylic oxidation sites excluding steroid dienone is 1. The van der Waals surface area contributed by atoms with E-state index < -0.39 is 0 Å². The Balaban J connectivity index is 1.68. The molecule has 0 amide bonds. The summed E-state index contributed by atoms with van der Waals surface area (Å²) in [7, 11) is 0. The van der Waals surface area contributed by atoms with Gasteiger partial charge in [-0.05, 0) is 24.3 Å². The van der Waals surface area contributed by atoms with Gasteiger partial charge >= 0.3 is 0 Å². The van der Waals surface area contributed by atoms with Gasteiger partial charge in [-0.2, -0.15) is 5.10 Å². The fourth-order valence-corrected chi connectivity index (χ4v) is 4.06. The summed E-state index contributed by atoms with van der Waals surface area (Å²) in [5.41, 5.74) is 8.60. The molecule has 3 heterocycles. The van der Waals surface area contributed by atoms with Crippen molar-refractivity contribution < 1.29 is 0 Å². The Hall–Kier alpha value is -3.05. The fourth-order valence-electron chi connectivity index (χ4n) is 3.44. The molecule has 126 valence electrons. The number of thiazole rings is 1. The van der Waals surface area contributed by atoms with Gasteiger partial charge in [0.15, 0.2) is 0 Å². The maximum atomic E-state index is 4.97. The maximum Gasteiger partial charge on any atom is 0.100 e. The van der Waals surface area contributed by atoms with Gasteiger partial charge in [-0.3, -0.25) is 4.98 Å². The Bertz CT molecular complexity index is 1050. The minimum Gasteiger partial charge on any atom is -0.265 e. The average molecular weight is 356 g/mol. The highest BCUT2D eigenvalue weighted by molar-refractivity contribution is 7.07. The molecule has 4 aromatic rings. The second-order valence-electron chi connectivity index (χ2n) is 6.28. The van der Waals surface area contributed by atoms with E-state index in [1.54, 1.807) is 11.3 Å². The lowest BCUT2D eigenvalue weighted by molar-refractivity contribution is 0.727. The van der Waals surface area contributed by atoms with Gasteiger partial charge in [0.1, 0.15) is 5.69 Å². The van der Waals surface area contributed by atoms with Crippen LogP contribution in [0.3, 0.4) is 0 Å². The van der Waals surface area contributed by atoms with Gasteiger partial charge in [-0.1, -0.05) is 30.4 Å². The number of benzene rings is 1. The number of rotatable bonds is 3. The smallest absolute Gasteiger partial charge is 0.100 e. The Kier molecular flexibility index (Phi) is 3.72. The third-order valence-electron chi connectivity index (χ3n) is 4.72. The molecule has 0 saturated carbocycles. The molecule has 4 nitrogen and oxygen atoms in total. The first kappa shape index (κ1) is 15.2. The van der Waals surface area contributed by atoms with Crippen LogP contribution in [0.5, 0.6) is 0 Å². The van der Waals surface area contributed by atoms with Crippen molar-refractivity contribution in [3.05, 3.63) is 88.8 Å². The van der Waals surface area contributed by atoms with Crippen molar-refractivity contribution in [3.8, 4) is 16.9 Å². The molecule has 1 aromatic carbocycles. The lowest BCUT2D eigenvalue weighted by Crippen LogP contribution is -2.10. The standard InChI is InChI=1S/C21H16N4S/c1-2-4-17(5-3-1)25-20-12-16(19-13-26-14-23-19)6-7-18(20)21(24-25)15-8-10-22-11-9-15/h1-11,13-14,16H,12H2. The van der Waals surface area contributed by atoms with Crippen LogP contribution < -0.4 is 0 Å². The fraction of sp³-hybridized carbons (Fsp3) is 0.0952. The van der Waals surface area contributed by atoms with E-state index in [1.807, 2.05) is 48.2 Å². The molecule has 1 aliphatic rings. The molecule has 0 fully saturated rings. The first-order valence-electron chi connectivity index (χ1n) is 8.54. The van der Waals surface area contributed by atoms with Gasteiger partial charge in [0.05, 0.1) is 22.6 Å². The molecule has 26 heavy (non-hydrogen) atoms. The summed E-state index contributed by atoms with van der Waals surface area (Å²) < 4.78 is 2.08. The van der Waals surface area contributed by atoms with E-state index in [9.17, 15) is 0 Å². The molecular formula is C21H16N4S. The van der Waals surface area contributed by atoms with Crippen molar-refractivity contribution in [1.29, 1.82) is 0 Å². The van der Waals surface area contributed by atoms with Gasteiger partial charge in [-0.15, -0.1) is 11.3 Å². The minimum atomic E-state index is 0.290. The predicted molar refractivity (Wildman–Crippen MR) is 104 cm³/mol. The number of aromatic nitrogens is 4. The van der Waals surface area contributed by atoms with Crippen molar-refractivity contribution in [1.82, 2.24) is 19.7 Å². The number of hydrogen-bond donors (Lipinski definition) is 0. The van der Waals surface area contributed by atoms with Crippen LogP contribution in [-0.4, -0.2) is 19.7 Å². The first-order chi connectivity index (χ1) is 12.9. The third-order valence-corrected chi connectivity index (χ3v) is 5.32.